The van der Waals surface area contributed by atoms with Gasteiger partial charge in [-0.15, -0.1) is 11.6 Å². The fourth-order valence-electron chi connectivity index (χ4n) is 1.26. The summed E-state index contributed by atoms with van der Waals surface area (Å²) in [6, 6.07) is 0. The monoisotopic (exact) mass is 284 g/mol. The van der Waals surface area contributed by atoms with Crippen molar-refractivity contribution in [2.75, 3.05) is 11.5 Å². The zero-order chi connectivity index (χ0) is 12.3. The zero-order valence-corrected chi connectivity index (χ0v) is 11.5. The molecule has 0 aliphatic rings. The van der Waals surface area contributed by atoms with Crippen LogP contribution in [0.5, 0.6) is 0 Å². The Morgan fingerprint density at radius 1 is 1.44 bits per heavy atom. The van der Waals surface area contributed by atoms with E-state index < -0.39 is 9.84 Å². The van der Waals surface area contributed by atoms with Crippen molar-refractivity contribution >= 4 is 33.0 Å². The lowest BCUT2D eigenvalue weighted by molar-refractivity contribution is 0.581. The third-order valence-corrected chi connectivity index (χ3v) is 4.75. The van der Waals surface area contributed by atoms with Gasteiger partial charge in [0.25, 0.3) is 0 Å². The highest BCUT2D eigenvalue weighted by molar-refractivity contribution is 7.91. The number of halogens is 2. The molecule has 1 aromatic heterocycles. The van der Waals surface area contributed by atoms with Gasteiger partial charge in [-0.2, -0.15) is 5.10 Å². The van der Waals surface area contributed by atoms with Crippen molar-refractivity contribution in [3.05, 3.63) is 16.4 Å². The van der Waals surface area contributed by atoms with Crippen LogP contribution in [0.4, 0.5) is 0 Å². The fourth-order valence-corrected chi connectivity index (χ4v) is 2.71. The van der Waals surface area contributed by atoms with Gasteiger partial charge in [-0.05, 0) is 6.92 Å². The van der Waals surface area contributed by atoms with E-state index in [0.29, 0.717) is 5.15 Å². The molecule has 0 aliphatic carbocycles. The van der Waals surface area contributed by atoms with Gasteiger partial charge in [0.15, 0.2) is 9.84 Å². The third kappa shape index (κ3) is 3.12. The molecule has 0 fully saturated rings. The van der Waals surface area contributed by atoms with Gasteiger partial charge >= 0.3 is 0 Å². The van der Waals surface area contributed by atoms with Crippen molar-refractivity contribution in [3.63, 3.8) is 0 Å². The summed E-state index contributed by atoms with van der Waals surface area (Å²) in [5.74, 6) is 0.463. The van der Waals surface area contributed by atoms with Crippen LogP contribution in [0.25, 0.3) is 0 Å². The number of hydrogen-bond acceptors (Lipinski definition) is 3. The Morgan fingerprint density at radius 2 is 2.06 bits per heavy atom. The molecule has 0 bridgehead atoms. The molecular weight excluding hydrogens is 271 g/mol. The Labute approximate surface area is 105 Å². The van der Waals surface area contributed by atoms with Crippen LogP contribution in [-0.4, -0.2) is 29.7 Å². The predicted molar refractivity (Wildman–Crippen MR) is 65.9 cm³/mol. The van der Waals surface area contributed by atoms with Crippen LogP contribution in [0.3, 0.4) is 0 Å². The fraction of sp³-hybridized carbons (Fsp3) is 0.667. The number of rotatable bonds is 5. The highest BCUT2D eigenvalue weighted by Crippen LogP contribution is 2.21. The SMILES string of the molecule is CCS(=O)(=O)CCn1nc(C)c(CCl)c1Cl. The lowest BCUT2D eigenvalue weighted by atomic mass is 10.3. The largest absolute Gasteiger partial charge is 0.252 e. The van der Waals surface area contributed by atoms with Crippen LogP contribution < -0.4 is 0 Å². The average Bonchev–Trinajstić information content (AvgIpc) is 2.51. The molecule has 0 spiro atoms. The van der Waals surface area contributed by atoms with E-state index in [0.717, 1.165) is 11.3 Å². The number of nitrogens with zero attached hydrogens (tertiary/aromatic N) is 2. The van der Waals surface area contributed by atoms with E-state index in [9.17, 15) is 8.42 Å². The quantitative estimate of drug-likeness (QED) is 0.778. The smallest absolute Gasteiger partial charge is 0.151 e. The van der Waals surface area contributed by atoms with Gasteiger partial charge < -0.3 is 0 Å². The van der Waals surface area contributed by atoms with Crippen molar-refractivity contribution in [3.8, 4) is 0 Å². The molecule has 4 nitrogen and oxygen atoms in total. The van der Waals surface area contributed by atoms with Gasteiger partial charge in [0.1, 0.15) is 5.15 Å². The molecule has 0 aliphatic heterocycles. The average molecular weight is 285 g/mol. The molecule has 0 aromatic carbocycles. The molecule has 0 radical (unpaired) electrons. The van der Waals surface area contributed by atoms with Crippen molar-refractivity contribution in [2.45, 2.75) is 26.3 Å². The van der Waals surface area contributed by atoms with Crippen LogP contribution in [0.1, 0.15) is 18.2 Å². The van der Waals surface area contributed by atoms with E-state index in [1.54, 1.807) is 13.8 Å². The normalized spacial score (nSPS) is 12.0. The number of sulfone groups is 1. The lowest BCUT2D eigenvalue weighted by Crippen LogP contribution is -2.15. The molecule has 0 amide bonds. The minimum atomic E-state index is -3.00. The molecule has 0 saturated heterocycles. The first-order valence-electron chi connectivity index (χ1n) is 4.89. The molecular formula is C9H14Cl2N2O2S. The van der Waals surface area contributed by atoms with E-state index in [4.69, 9.17) is 23.2 Å². The van der Waals surface area contributed by atoms with Gasteiger partial charge in [0.2, 0.25) is 0 Å². The van der Waals surface area contributed by atoms with Gasteiger partial charge in [-0.1, -0.05) is 18.5 Å². The first-order chi connectivity index (χ1) is 7.41. The molecule has 0 unspecified atom stereocenters. The molecule has 0 saturated carbocycles. The number of alkyl halides is 1. The van der Waals surface area contributed by atoms with Crippen LogP contribution in [0, 0.1) is 6.92 Å². The topological polar surface area (TPSA) is 52.0 Å². The second-order valence-electron chi connectivity index (χ2n) is 3.45. The Morgan fingerprint density at radius 3 is 2.50 bits per heavy atom. The molecule has 16 heavy (non-hydrogen) atoms. The maximum Gasteiger partial charge on any atom is 0.151 e. The minimum absolute atomic E-state index is 0.0477. The summed E-state index contributed by atoms with van der Waals surface area (Å²) in [7, 11) is -3.00. The summed E-state index contributed by atoms with van der Waals surface area (Å²) < 4.78 is 24.2. The Hall–Kier alpha value is -0.260. The Bertz CT molecular complexity index is 468. The van der Waals surface area contributed by atoms with Crippen LogP contribution in [0.15, 0.2) is 0 Å². The summed E-state index contributed by atoms with van der Waals surface area (Å²) in [6.07, 6.45) is 0. The molecule has 7 heteroatoms. The maximum absolute atomic E-state index is 11.3. The maximum atomic E-state index is 11.3. The summed E-state index contributed by atoms with van der Waals surface area (Å²) >= 11 is 11.7. The van der Waals surface area contributed by atoms with Crippen molar-refractivity contribution in [2.24, 2.45) is 0 Å². The second-order valence-corrected chi connectivity index (χ2v) is 6.55. The van der Waals surface area contributed by atoms with Gasteiger partial charge in [0.05, 0.1) is 23.9 Å². The first kappa shape index (κ1) is 13.8. The van der Waals surface area contributed by atoms with Crippen molar-refractivity contribution in [1.82, 2.24) is 9.78 Å². The first-order valence-corrected chi connectivity index (χ1v) is 7.62. The van der Waals surface area contributed by atoms with Gasteiger partial charge in [-0.3, -0.25) is 4.68 Å². The highest BCUT2D eigenvalue weighted by Gasteiger charge is 2.14. The van der Waals surface area contributed by atoms with Crippen molar-refractivity contribution < 1.29 is 8.42 Å². The Balaban J connectivity index is 2.83. The standard InChI is InChI=1S/C9H14Cl2N2O2S/c1-3-16(14,15)5-4-13-9(11)8(6-10)7(2)12-13/h3-6H2,1-2H3. The van der Waals surface area contributed by atoms with E-state index in [-0.39, 0.29) is 23.9 Å². The number of hydrogen-bond donors (Lipinski definition) is 0. The van der Waals surface area contributed by atoms with Crippen LogP contribution >= 0.6 is 23.2 Å². The lowest BCUT2D eigenvalue weighted by Gasteiger charge is -2.03. The number of aromatic nitrogens is 2. The summed E-state index contributed by atoms with van der Waals surface area (Å²) in [6.45, 7) is 3.69. The Kier molecular flexibility index (Phi) is 4.64. The van der Waals surface area contributed by atoms with Crippen molar-refractivity contribution in [1.29, 1.82) is 0 Å². The van der Waals surface area contributed by atoms with E-state index in [2.05, 4.69) is 5.10 Å². The van der Waals surface area contributed by atoms with Gasteiger partial charge in [-0.25, -0.2) is 8.42 Å². The van der Waals surface area contributed by atoms with E-state index >= 15 is 0 Å². The zero-order valence-electron chi connectivity index (χ0n) is 9.20. The molecule has 0 N–H and O–H groups in total. The van der Waals surface area contributed by atoms with Crippen LogP contribution in [-0.2, 0) is 22.3 Å². The molecule has 1 heterocycles. The molecule has 92 valence electrons. The molecule has 0 atom stereocenters. The molecule has 1 aromatic rings. The minimum Gasteiger partial charge on any atom is -0.252 e. The predicted octanol–water partition coefficient (Wildman–Crippen LogP) is 2.02. The van der Waals surface area contributed by atoms with E-state index in [1.807, 2.05) is 0 Å². The highest BCUT2D eigenvalue weighted by atomic mass is 35.5. The van der Waals surface area contributed by atoms with Gasteiger partial charge in [0, 0.05) is 11.3 Å². The molecule has 1 rings (SSSR count). The summed E-state index contributed by atoms with van der Waals surface area (Å²) in [5, 5.41) is 4.58. The van der Waals surface area contributed by atoms with Crippen LogP contribution in [0.2, 0.25) is 5.15 Å². The third-order valence-electron chi connectivity index (χ3n) is 2.37. The van der Waals surface area contributed by atoms with E-state index in [1.165, 1.54) is 4.68 Å². The summed E-state index contributed by atoms with van der Waals surface area (Å²) in [4.78, 5) is 0. The second kappa shape index (κ2) is 5.38. The number of aryl methyl sites for hydroxylation is 2. The summed E-state index contributed by atoms with van der Waals surface area (Å²) in [5.41, 5.74) is 1.51.